The highest BCUT2D eigenvalue weighted by molar-refractivity contribution is 5.90. The fourth-order valence-corrected chi connectivity index (χ4v) is 2.90. The molecule has 8 heteroatoms. The highest BCUT2D eigenvalue weighted by Crippen LogP contribution is 2.28. The Kier molecular flexibility index (Phi) is 5.33. The predicted octanol–water partition coefficient (Wildman–Crippen LogP) is 1.80. The van der Waals surface area contributed by atoms with Crippen molar-refractivity contribution in [3.05, 3.63) is 0 Å². The third kappa shape index (κ3) is 4.49. The van der Waals surface area contributed by atoms with Crippen molar-refractivity contribution >= 4 is 18.2 Å². The molecule has 0 bridgehead atoms. The van der Waals surface area contributed by atoms with Gasteiger partial charge in [-0.25, -0.2) is 19.7 Å². The van der Waals surface area contributed by atoms with E-state index in [1.165, 1.54) is 0 Å². The van der Waals surface area contributed by atoms with E-state index >= 15 is 0 Å². The normalized spacial score (nSPS) is 21.6. The van der Waals surface area contributed by atoms with Crippen LogP contribution in [0.3, 0.4) is 0 Å². The minimum absolute atomic E-state index is 0.0632. The first-order valence-electron chi connectivity index (χ1n) is 7.98. The molecule has 130 valence electrons. The molecule has 0 spiro atoms. The van der Waals surface area contributed by atoms with Crippen molar-refractivity contribution in [2.75, 3.05) is 32.8 Å². The lowest BCUT2D eigenvalue weighted by atomic mass is 9.91. The number of urea groups is 1. The first-order valence-corrected chi connectivity index (χ1v) is 7.98. The molecule has 0 aromatic rings. The molecule has 0 aliphatic carbocycles. The fourth-order valence-electron chi connectivity index (χ4n) is 2.90. The van der Waals surface area contributed by atoms with E-state index in [9.17, 15) is 14.4 Å². The van der Waals surface area contributed by atoms with Crippen molar-refractivity contribution in [3.8, 4) is 0 Å². The van der Waals surface area contributed by atoms with Crippen LogP contribution in [-0.2, 0) is 9.47 Å². The maximum Gasteiger partial charge on any atom is 0.415 e. The Labute approximate surface area is 136 Å². The van der Waals surface area contributed by atoms with Crippen LogP contribution in [0.2, 0.25) is 0 Å². The van der Waals surface area contributed by atoms with E-state index in [2.05, 4.69) is 23.9 Å². The number of likely N-dealkylation sites (tertiary alicyclic amines) is 1. The number of ether oxygens (including phenoxy) is 2. The van der Waals surface area contributed by atoms with Crippen molar-refractivity contribution in [1.29, 1.82) is 0 Å². The number of rotatable bonds is 2. The molecule has 8 nitrogen and oxygen atoms in total. The number of cyclic esters (lactones) is 1. The zero-order valence-electron chi connectivity index (χ0n) is 14.0. The van der Waals surface area contributed by atoms with Crippen LogP contribution in [0.25, 0.3) is 0 Å². The molecule has 2 aliphatic heterocycles. The first kappa shape index (κ1) is 17.4. The van der Waals surface area contributed by atoms with E-state index in [0.717, 1.165) is 0 Å². The lowest BCUT2D eigenvalue weighted by Crippen LogP contribution is -2.56. The summed E-state index contributed by atoms with van der Waals surface area (Å²) >= 11 is 0. The van der Waals surface area contributed by atoms with Crippen molar-refractivity contribution in [3.63, 3.8) is 0 Å². The van der Waals surface area contributed by atoms with E-state index in [0.29, 0.717) is 39.1 Å². The summed E-state index contributed by atoms with van der Waals surface area (Å²) in [4.78, 5) is 38.5. The molecule has 2 saturated heterocycles. The summed E-state index contributed by atoms with van der Waals surface area (Å²) < 4.78 is 9.94. The zero-order chi connectivity index (χ0) is 17.0. The first-order chi connectivity index (χ1) is 10.8. The van der Waals surface area contributed by atoms with Crippen LogP contribution in [0, 0.1) is 5.41 Å². The van der Waals surface area contributed by atoms with Gasteiger partial charge in [0.05, 0.1) is 13.2 Å². The number of amides is 4. The van der Waals surface area contributed by atoms with E-state index in [4.69, 9.17) is 4.74 Å². The number of carbonyl (C=O) groups is 3. The number of hydrogen-bond acceptors (Lipinski definition) is 5. The maximum atomic E-state index is 12.0. The van der Waals surface area contributed by atoms with Crippen molar-refractivity contribution in [2.24, 2.45) is 5.41 Å². The molecule has 1 N–H and O–H groups in total. The zero-order valence-corrected chi connectivity index (χ0v) is 14.0. The minimum Gasteiger partial charge on any atom is -0.450 e. The van der Waals surface area contributed by atoms with Gasteiger partial charge >= 0.3 is 18.2 Å². The predicted molar refractivity (Wildman–Crippen MR) is 82.0 cm³/mol. The second kappa shape index (κ2) is 7.06. The molecule has 2 fully saturated rings. The molecule has 0 atom stereocenters. The van der Waals surface area contributed by atoms with Gasteiger partial charge in [-0.05, 0) is 19.8 Å². The molecule has 0 radical (unpaired) electrons. The average Bonchev–Trinajstić information content (AvgIpc) is 2.50. The lowest BCUT2D eigenvalue weighted by molar-refractivity contribution is -0.0143. The van der Waals surface area contributed by atoms with Gasteiger partial charge in [0, 0.05) is 31.1 Å². The molecule has 2 heterocycles. The Morgan fingerprint density at radius 1 is 1.35 bits per heavy atom. The van der Waals surface area contributed by atoms with Crippen LogP contribution in [-0.4, -0.2) is 66.9 Å². The molecule has 2 rings (SSSR count). The lowest BCUT2D eigenvalue weighted by Gasteiger charge is -2.44. The number of alkyl carbamates (subject to hydrolysis) is 1. The smallest absolute Gasteiger partial charge is 0.415 e. The van der Waals surface area contributed by atoms with Crippen LogP contribution in [0.5, 0.6) is 0 Å². The molecular formula is C15H25N3O5. The van der Waals surface area contributed by atoms with E-state index in [1.807, 2.05) is 0 Å². The van der Waals surface area contributed by atoms with Crippen molar-refractivity contribution in [2.45, 2.75) is 39.7 Å². The Balaban J connectivity index is 1.84. The monoisotopic (exact) mass is 327 g/mol. The van der Waals surface area contributed by atoms with Gasteiger partial charge in [-0.15, -0.1) is 0 Å². The molecule has 0 saturated carbocycles. The highest BCUT2D eigenvalue weighted by Gasteiger charge is 2.38. The number of nitrogens with one attached hydrogen (secondary N) is 1. The van der Waals surface area contributed by atoms with Gasteiger partial charge in [0.2, 0.25) is 0 Å². The number of nitrogens with zero attached hydrogens (tertiary/aromatic N) is 2. The van der Waals surface area contributed by atoms with E-state index < -0.39 is 12.1 Å². The van der Waals surface area contributed by atoms with Crippen LogP contribution in [0.1, 0.15) is 33.6 Å². The topological polar surface area (TPSA) is 88.2 Å². The summed E-state index contributed by atoms with van der Waals surface area (Å²) in [5.74, 6) is 0. The van der Waals surface area contributed by atoms with Crippen molar-refractivity contribution < 1.29 is 23.9 Å². The van der Waals surface area contributed by atoms with Gasteiger partial charge in [-0.2, -0.15) is 0 Å². The molecule has 0 aromatic heterocycles. The average molecular weight is 327 g/mol. The highest BCUT2D eigenvalue weighted by atomic mass is 16.6. The largest absolute Gasteiger partial charge is 0.450 e. The molecule has 2 aliphatic rings. The molecular weight excluding hydrogens is 302 g/mol. The minimum atomic E-state index is -0.735. The maximum absolute atomic E-state index is 12.0. The van der Waals surface area contributed by atoms with Gasteiger partial charge in [0.25, 0.3) is 0 Å². The number of imide groups is 1. The summed E-state index contributed by atoms with van der Waals surface area (Å²) in [5.41, 5.74) is -0.0632. The Hall–Kier alpha value is -1.99. The molecule has 0 aromatic carbocycles. The number of hydrogen-bond donors (Lipinski definition) is 1. The summed E-state index contributed by atoms with van der Waals surface area (Å²) in [7, 11) is 0. The Bertz CT molecular complexity index is 472. The van der Waals surface area contributed by atoms with Crippen LogP contribution in [0.15, 0.2) is 0 Å². The summed E-state index contributed by atoms with van der Waals surface area (Å²) in [6.07, 6.45) is 0.322. The Morgan fingerprint density at radius 3 is 2.61 bits per heavy atom. The van der Waals surface area contributed by atoms with Crippen LogP contribution >= 0.6 is 0 Å². The number of piperidine rings is 1. The third-order valence-corrected chi connectivity index (χ3v) is 4.10. The molecule has 23 heavy (non-hydrogen) atoms. The Morgan fingerprint density at radius 2 is 2.00 bits per heavy atom. The quantitative estimate of drug-likeness (QED) is 0.835. The summed E-state index contributed by atoms with van der Waals surface area (Å²) in [6.45, 7) is 8.08. The fraction of sp³-hybridized carbons (Fsp3) is 0.800. The molecule has 4 amide bonds. The third-order valence-electron chi connectivity index (χ3n) is 4.10. The summed E-state index contributed by atoms with van der Waals surface area (Å²) in [5, 5.41) is 2.19. The van der Waals surface area contributed by atoms with Gasteiger partial charge < -0.3 is 19.3 Å². The van der Waals surface area contributed by atoms with E-state index in [-0.39, 0.29) is 24.2 Å². The molecule has 0 unspecified atom stereocenters. The van der Waals surface area contributed by atoms with Crippen LogP contribution < -0.4 is 5.32 Å². The van der Waals surface area contributed by atoms with Gasteiger partial charge in [-0.3, -0.25) is 0 Å². The van der Waals surface area contributed by atoms with Gasteiger partial charge in [0.15, 0.2) is 0 Å². The van der Waals surface area contributed by atoms with Crippen molar-refractivity contribution in [1.82, 2.24) is 15.1 Å². The SMILES string of the molecule is CCOC(=O)NC(=O)N1CCC(N2CC(C)(C)COC2=O)CC1. The number of carbonyl (C=O) groups excluding carboxylic acids is 3. The van der Waals surface area contributed by atoms with Gasteiger partial charge in [0.1, 0.15) is 0 Å². The second-order valence-electron chi connectivity index (χ2n) is 6.72. The van der Waals surface area contributed by atoms with Gasteiger partial charge in [-0.1, -0.05) is 13.8 Å². The van der Waals surface area contributed by atoms with Crippen LogP contribution in [0.4, 0.5) is 14.4 Å². The standard InChI is InChI=1S/C15H25N3O5/c1-4-22-13(20)16-12(19)17-7-5-11(6-8-17)18-9-15(2,3)10-23-14(18)21/h11H,4-10H2,1-3H3,(H,16,19,20). The summed E-state index contributed by atoms with van der Waals surface area (Å²) in [6, 6.07) is -0.392. The van der Waals surface area contributed by atoms with E-state index in [1.54, 1.807) is 16.7 Å². The second-order valence-corrected chi connectivity index (χ2v) is 6.72.